The van der Waals surface area contributed by atoms with E-state index in [1.54, 1.807) is 36.1 Å². The van der Waals surface area contributed by atoms with Gasteiger partial charge in [-0.3, -0.25) is 14.5 Å². The number of hydrogen-bond acceptors (Lipinski definition) is 3. The highest BCUT2D eigenvalue weighted by atomic mass is 35.5. The average molecular weight is 490 g/mol. The van der Waals surface area contributed by atoms with Crippen molar-refractivity contribution in [2.45, 2.75) is 57.5 Å². The predicted octanol–water partition coefficient (Wildman–Crippen LogP) is 6.62. The van der Waals surface area contributed by atoms with Gasteiger partial charge in [-0.2, -0.15) is 0 Å². The predicted molar refractivity (Wildman–Crippen MR) is 137 cm³/mol. The maximum Gasteiger partial charge on any atom is 0.310 e. The van der Waals surface area contributed by atoms with Crippen LogP contribution >= 0.6 is 11.6 Å². The molecule has 35 heavy (non-hydrogen) atoms. The molecule has 0 aromatic heterocycles. The van der Waals surface area contributed by atoms with Gasteiger partial charge in [-0.1, -0.05) is 35.9 Å². The van der Waals surface area contributed by atoms with Gasteiger partial charge in [0.1, 0.15) is 11.4 Å². The summed E-state index contributed by atoms with van der Waals surface area (Å²) in [7, 11) is 0. The molecule has 0 fully saturated rings. The van der Waals surface area contributed by atoms with Crippen molar-refractivity contribution < 1.29 is 19.4 Å². The van der Waals surface area contributed by atoms with E-state index in [-0.39, 0.29) is 11.5 Å². The number of amides is 1. The molecule has 2 heterocycles. The highest BCUT2D eigenvalue weighted by molar-refractivity contribution is 6.31. The third-order valence-electron chi connectivity index (χ3n) is 7.39. The standard InChI is InChI=1S/C29H28ClNO4/c1-17(26(32)33)18-6-5-7-22(15-18)31-24-10-9-21(30)16-23(24)29(4,27(31)34)20-8-11-25-19(14-20)12-13-28(2,3)35-25/h5-11,14-17H,12-13H2,1-4H3,(H,32,33)/t17?,29-/m0/s1. The molecule has 0 saturated heterocycles. The number of halogens is 1. The van der Waals surface area contributed by atoms with E-state index in [0.717, 1.165) is 41.0 Å². The molecule has 2 atom stereocenters. The van der Waals surface area contributed by atoms with Gasteiger partial charge in [-0.25, -0.2) is 0 Å². The lowest BCUT2D eigenvalue weighted by Crippen LogP contribution is -2.37. The molecule has 0 radical (unpaired) electrons. The SMILES string of the molecule is CC(C(=O)O)c1cccc(N2C(=O)[C@@](C)(c3ccc4c(c3)CCC(C)(C)O4)c3cc(Cl)ccc32)c1. The molecule has 3 aromatic carbocycles. The number of rotatable bonds is 4. The minimum Gasteiger partial charge on any atom is -0.488 e. The number of hydrogen-bond donors (Lipinski definition) is 1. The highest BCUT2D eigenvalue weighted by Crippen LogP contribution is 2.51. The van der Waals surface area contributed by atoms with Gasteiger partial charge in [0.05, 0.1) is 17.0 Å². The van der Waals surface area contributed by atoms with Crippen molar-refractivity contribution in [2.24, 2.45) is 0 Å². The van der Waals surface area contributed by atoms with Gasteiger partial charge >= 0.3 is 5.97 Å². The van der Waals surface area contributed by atoms with Gasteiger partial charge in [-0.05, 0) is 99.2 Å². The van der Waals surface area contributed by atoms with E-state index in [1.165, 1.54) is 0 Å². The Morgan fingerprint density at radius 1 is 1.09 bits per heavy atom. The number of benzene rings is 3. The second kappa shape index (κ2) is 8.13. The summed E-state index contributed by atoms with van der Waals surface area (Å²) in [6.07, 6.45) is 1.78. The molecule has 0 spiro atoms. The van der Waals surface area contributed by atoms with Gasteiger partial charge in [0.25, 0.3) is 0 Å². The van der Waals surface area contributed by atoms with Crippen LogP contribution in [0.5, 0.6) is 5.75 Å². The molecule has 2 aliphatic rings. The normalized spacial score (nSPS) is 21.2. The van der Waals surface area contributed by atoms with E-state index < -0.39 is 17.3 Å². The highest BCUT2D eigenvalue weighted by Gasteiger charge is 2.49. The number of fused-ring (bicyclic) bond motifs is 2. The summed E-state index contributed by atoms with van der Waals surface area (Å²) in [4.78, 5) is 27.5. The second-order valence-corrected chi connectivity index (χ2v) is 10.7. The first kappa shape index (κ1) is 23.4. The van der Waals surface area contributed by atoms with Crippen molar-refractivity contribution in [1.82, 2.24) is 0 Å². The Morgan fingerprint density at radius 3 is 2.60 bits per heavy atom. The Bertz CT molecular complexity index is 1360. The Labute approximate surface area is 210 Å². The van der Waals surface area contributed by atoms with Gasteiger partial charge in [0.2, 0.25) is 5.91 Å². The Balaban J connectivity index is 1.64. The summed E-state index contributed by atoms with van der Waals surface area (Å²) in [6, 6.07) is 18.7. The number of aliphatic carboxylic acids is 1. The zero-order chi connectivity index (χ0) is 25.1. The Morgan fingerprint density at radius 2 is 1.86 bits per heavy atom. The van der Waals surface area contributed by atoms with Crippen molar-refractivity contribution in [3.05, 3.63) is 87.9 Å². The van der Waals surface area contributed by atoms with Gasteiger partial charge in [0, 0.05) is 10.7 Å². The number of ether oxygens (including phenoxy) is 1. The number of aryl methyl sites for hydroxylation is 1. The molecule has 5 nitrogen and oxygen atoms in total. The molecule has 2 aliphatic heterocycles. The summed E-state index contributed by atoms with van der Waals surface area (Å²) >= 11 is 6.41. The summed E-state index contributed by atoms with van der Waals surface area (Å²) < 4.78 is 6.17. The average Bonchev–Trinajstić information content (AvgIpc) is 3.05. The fourth-order valence-corrected chi connectivity index (χ4v) is 5.30. The zero-order valence-electron chi connectivity index (χ0n) is 20.3. The first-order valence-corrected chi connectivity index (χ1v) is 12.2. The van der Waals surface area contributed by atoms with Crippen LogP contribution in [0.25, 0.3) is 0 Å². The molecule has 6 heteroatoms. The third-order valence-corrected chi connectivity index (χ3v) is 7.62. The van der Waals surface area contributed by atoms with Crippen molar-refractivity contribution in [2.75, 3.05) is 4.90 Å². The third kappa shape index (κ3) is 3.79. The summed E-state index contributed by atoms with van der Waals surface area (Å²) in [5.74, 6) is -0.843. The van der Waals surface area contributed by atoms with Gasteiger partial charge < -0.3 is 9.84 Å². The number of anilines is 2. The summed E-state index contributed by atoms with van der Waals surface area (Å²) in [6.45, 7) is 7.74. The molecule has 0 bridgehead atoms. The van der Waals surface area contributed by atoms with Crippen LogP contribution in [0.3, 0.4) is 0 Å². The summed E-state index contributed by atoms with van der Waals surface area (Å²) in [5.41, 5.74) is 3.64. The van der Waals surface area contributed by atoms with Gasteiger partial charge in [0.15, 0.2) is 0 Å². The van der Waals surface area contributed by atoms with E-state index in [1.807, 2.05) is 37.3 Å². The van der Waals surface area contributed by atoms with Crippen LogP contribution in [0.2, 0.25) is 5.02 Å². The van der Waals surface area contributed by atoms with E-state index in [2.05, 4.69) is 19.9 Å². The van der Waals surface area contributed by atoms with E-state index in [4.69, 9.17) is 16.3 Å². The molecule has 1 N–H and O–H groups in total. The van der Waals surface area contributed by atoms with Crippen LogP contribution in [-0.2, 0) is 21.4 Å². The second-order valence-electron chi connectivity index (χ2n) is 10.3. The van der Waals surface area contributed by atoms with Crippen LogP contribution in [-0.4, -0.2) is 22.6 Å². The Hall–Kier alpha value is -3.31. The quantitative estimate of drug-likeness (QED) is 0.447. The van der Waals surface area contributed by atoms with Gasteiger partial charge in [-0.15, -0.1) is 0 Å². The van der Waals surface area contributed by atoms with E-state index >= 15 is 0 Å². The Kier molecular flexibility index (Phi) is 5.44. The fraction of sp³-hybridized carbons (Fsp3) is 0.310. The van der Waals surface area contributed by atoms with E-state index in [9.17, 15) is 14.7 Å². The van der Waals surface area contributed by atoms with Crippen molar-refractivity contribution in [3.8, 4) is 5.75 Å². The lowest BCUT2D eigenvalue weighted by Gasteiger charge is -2.34. The number of carboxylic acid groups (broad SMARTS) is 1. The molecule has 1 amide bonds. The monoisotopic (exact) mass is 489 g/mol. The zero-order valence-corrected chi connectivity index (χ0v) is 21.0. The molecular weight excluding hydrogens is 462 g/mol. The van der Waals surface area contributed by atoms with Crippen LogP contribution in [0, 0.1) is 0 Å². The number of nitrogens with zero attached hydrogens (tertiary/aromatic N) is 1. The van der Waals surface area contributed by atoms with E-state index in [0.29, 0.717) is 16.3 Å². The lowest BCUT2D eigenvalue weighted by molar-refractivity contribution is -0.138. The molecule has 0 aliphatic carbocycles. The topological polar surface area (TPSA) is 66.8 Å². The first-order valence-electron chi connectivity index (χ1n) is 11.8. The number of carbonyl (C=O) groups is 2. The molecule has 1 unspecified atom stereocenters. The number of carboxylic acids is 1. The minimum absolute atomic E-state index is 0.105. The molecule has 5 rings (SSSR count). The number of carbonyl (C=O) groups excluding carboxylic acids is 1. The van der Waals surface area contributed by atoms with Crippen LogP contribution in [0.15, 0.2) is 60.7 Å². The molecule has 3 aromatic rings. The van der Waals surface area contributed by atoms with Crippen molar-refractivity contribution in [3.63, 3.8) is 0 Å². The molecule has 0 saturated carbocycles. The molecule has 180 valence electrons. The largest absolute Gasteiger partial charge is 0.488 e. The molecular formula is C29H28ClNO4. The van der Waals surface area contributed by atoms with Crippen LogP contribution < -0.4 is 9.64 Å². The van der Waals surface area contributed by atoms with Crippen molar-refractivity contribution >= 4 is 34.9 Å². The fourth-order valence-electron chi connectivity index (χ4n) is 5.13. The lowest BCUT2D eigenvalue weighted by atomic mass is 9.76. The van der Waals surface area contributed by atoms with Crippen LogP contribution in [0.1, 0.15) is 62.3 Å². The van der Waals surface area contributed by atoms with Crippen LogP contribution in [0.4, 0.5) is 11.4 Å². The minimum atomic E-state index is -0.962. The smallest absolute Gasteiger partial charge is 0.310 e. The first-order chi connectivity index (χ1) is 16.5. The maximum atomic E-state index is 14.2. The maximum absolute atomic E-state index is 14.2. The summed E-state index contributed by atoms with van der Waals surface area (Å²) in [5, 5.41) is 10.0. The van der Waals surface area contributed by atoms with Crippen molar-refractivity contribution in [1.29, 1.82) is 0 Å².